The lowest BCUT2D eigenvalue weighted by molar-refractivity contribution is -0.124. The summed E-state index contributed by atoms with van der Waals surface area (Å²) in [6, 6.07) is 15.2. The maximum Gasteiger partial charge on any atom is 0.253 e. The van der Waals surface area contributed by atoms with Crippen LogP contribution in [0.4, 0.5) is 0 Å². The molecule has 0 radical (unpaired) electrons. The molecule has 1 aliphatic rings. The first-order chi connectivity index (χ1) is 16.0. The second kappa shape index (κ2) is 12.0. The van der Waals surface area contributed by atoms with Crippen molar-refractivity contribution in [2.45, 2.75) is 18.9 Å². The molecular weight excluding hydrogens is 422 g/mol. The Morgan fingerprint density at radius 1 is 1.00 bits per heavy atom. The van der Waals surface area contributed by atoms with Gasteiger partial charge in [-0.05, 0) is 49.1 Å². The Morgan fingerprint density at radius 3 is 2.36 bits per heavy atom. The van der Waals surface area contributed by atoms with E-state index >= 15 is 0 Å². The summed E-state index contributed by atoms with van der Waals surface area (Å²) in [5.41, 5.74) is 1.07. The van der Waals surface area contributed by atoms with E-state index in [0.717, 1.165) is 0 Å². The van der Waals surface area contributed by atoms with E-state index in [0.29, 0.717) is 56.0 Å². The third-order valence-corrected chi connectivity index (χ3v) is 5.83. The van der Waals surface area contributed by atoms with Gasteiger partial charge < -0.3 is 25.0 Å². The molecule has 1 aliphatic heterocycles. The van der Waals surface area contributed by atoms with Crippen LogP contribution in [0.25, 0.3) is 0 Å². The van der Waals surface area contributed by atoms with Gasteiger partial charge in [0, 0.05) is 37.9 Å². The maximum atomic E-state index is 13.0. The van der Waals surface area contributed by atoms with Crippen molar-refractivity contribution < 1.29 is 23.9 Å². The van der Waals surface area contributed by atoms with Gasteiger partial charge in [-0.3, -0.25) is 14.4 Å². The minimum Gasteiger partial charge on any atom is -0.497 e. The van der Waals surface area contributed by atoms with Crippen molar-refractivity contribution in [2.75, 3.05) is 40.5 Å². The van der Waals surface area contributed by atoms with Gasteiger partial charge in [-0.2, -0.15) is 0 Å². The van der Waals surface area contributed by atoms with Crippen molar-refractivity contribution in [1.29, 1.82) is 0 Å². The van der Waals surface area contributed by atoms with Gasteiger partial charge in [0.05, 0.1) is 13.7 Å². The number of methoxy groups -OCH3 is 2. The highest BCUT2D eigenvalue weighted by Gasteiger charge is 2.34. The van der Waals surface area contributed by atoms with Crippen molar-refractivity contribution in [3.05, 3.63) is 65.7 Å². The van der Waals surface area contributed by atoms with Crippen LogP contribution in [0.3, 0.4) is 0 Å². The molecule has 2 aromatic rings. The lowest BCUT2D eigenvalue weighted by Gasteiger charge is -2.36. The Morgan fingerprint density at radius 2 is 1.70 bits per heavy atom. The molecule has 0 spiro atoms. The van der Waals surface area contributed by atoms with E-state index in [9.17, 15) is 14.4 Å². The summed E-state index contributed by atoms with van der Waals surface area (Å²) < 4.78 is 10.2. The molecule has 2 aromatic carbocycles. The van der Waals surface area contributed by atoms with Gasteiger partial charge in [-0.1, -0.05) is 24.3 Å². The number of rotatable bonds is 9. The number of likely N-dealkylation sites (tertiary alicyclic amines) is 1. The summed E-state index contributed by atoms with van der Waals surface area (Å²) in [5.74, 6) is -0.145. The molecule has 1 heterocycles. The quantitative estimate of drug-likeness (QED) is 0.567. The number of nitrogens with one attached hydrogen (secondary N) is 2. The molecule has 8 nitrogen and oxygen atoms in total. The van der Waals surface area contributed by atoms with Gasteiger partial charge in [0.2, 0.25) is 5.91 Å². The molecule has 0 unspecified atom stereocenters. The van der Waals surface area contributed by atoms with Gasteiger partial charge in [-0.25, -0.2) is 0 Å². The Kier molecular flexibility index (Phi) is 8.83. The standard InChI is InChI=1S/C25H31N3O5/c1-32-16-13-26-24(30)22(27-23(29)20-9-6-10-21(17-20)33-2)18-11-14-28(15-12-18)25(31)19-7-4-3-5-8-19/h3-10,17-18,22H,11-16H2,1-2H3,(H,26,30)(H,27,29)/t22-/m0/s1. The summed E-state index contributed by atoms with van der Waals surface area (Å²) in [6.45, 7) is 1.78. The highest BCUT2D eigenvalue weighted by atomic mass is 16.5. The minimum atomic E-state index is -0.713. The van der Waals surface area contributed by atoms with Crippen LogP contribution >= 0.6 is 0 Å². The summed E-state index contributed by atoms with van der Waals surface area (Å²) >= 11 is 0. The van der Waals surface area contributed by atoms with Crippen LogP contribution in [0.15, 0.2) is 54.6 Å². The highest BCUT2D eigenvalue weighted by Crippen LogP contribution is 2.23. The molecule has 2 N–H and O–H groups in total. The largest absolute Gasteiger partial charge is 0.497 e. The Balaban J connectivity index is 1.68. The van der Waals surface area contributed by atoms with Gasteiger partial charge in [0.15, 0.2) is 0 Å². The number of carbonyl (C=O) groups excluding carboxylic acids is 3. The zero-order valence-corrected chi connectivity index (χ0v) is 19.1. The molecule has 0 aromatic heterocycles. The monoisotopic (exact) mass is 453 g/mol. The Hall–Kier alpha value is -3.39. The molecule has 0 bridgehead atoms. The molecular formula is C25H31N3O5. The second-order valence-electron chi connectivity index (χ2n) is 7.96. The van der Waals surface area contributed by atoms with Crippen molar-refractivity contribution >= 4 is 17.7 Å². The van der Waals surface area contributed by atoms with Crippen LogP contribution in [0, 0.1) is 5.92 Å². The van der Waals surface area contributed by atoms with E-state index < -0.39 is 6.04 Å². The maximum absolute atomic E-state index is 13.0. The lowest BCUT2D eigenvalue weighted by atomic mass is 9.88. The predicted molar refractivity (Wildman–Crippen MR) is 124 cm³/mol. The van der Waals surface area contributed by atoms with E-state index in [1.807, 2.05) is 18.2 Å². The number of benzene rings is 2. The zero-order valence-electron chi connectivity index (χ0n) is 19.1. The normalized spacial score (nSPS) is 14.9. The number of carbonyl (C=O) groups is 3. The first-order valence-electron chi connectivity index (χ1n) is 11.1. The number of amides is 3. The highest BCUT2D eigenvalue weighted by molar-refractivity contribution is 5.98. The molecule has 0 saturated carbocycles. The number of ether oxygens (including phenoxy) is 2. The predicted octanol–water partition coefficient (Wildman–Crippen LogP) is 2.11. The third-order valence-electron chi connectivity index (χ3n) is 5.83. The lowest BCUT2D eigenvalue weighted by Crippen LogP contribution is -2.54. The van der Waals surface area contributed by atoms with Gasteiger partial charge in [0.1, 0.15) is 11.8 Å². The Bertz CT molecular complexity index is 942. The first kappa shape index (κ1) is 24.3. The topological polar surface area (TPSA) is 97.0 Å². The summed E-state index contributed by atoms with van der Waals surface area (Å²) in [7, 11) is 3.10. The van der Waals surface area contributed by atoms with Gasteiger partial charge in [0.25, 0.3) is 11.8 Å². The number of hydrogen-bond acceptors (Lipinski definition) is 5. The smallest absolute Gasteiger partial charge is 0.253 e. The second-order valence-corrected chi connectivity index (χ2v) is 7.96. The molecule has 176 valence electrons. The number of piperidine rings is 1. The molecule has 0 aliphatic carbocycles. The minimum absolute atomic E-state index is 0.0180. The van der Waals surface area contributed by atoms with E-state index in [2.05, 4.69) is 10.6 Å². The molecule has 33 heavy (non-hydrogen) atoms. The van der Waals surface area contributed by atoms with Crippen LogP contribution in [-0.4, -0.2) is 69.1 Å². The summed E-state index contributed by atoms with van der Waals surface area (Å²) in [6.07, 6.45) is 1.22. The van der Waals surface area contributed by atoms with Crippen molar-refractivity contribution in [3.63, 3.8) is 0 Å². The van der Waals surface area contributed by atoms with Crippen molar-refractivity contribution in [1.82, 2.24) is 15.5 Å². The summed E-state index contributed by atoms with van der Waals surface area (Å²) in [5, 5.41) is 5.74. The van der Waals surface area contributed by atoms with Crippen LogP contribution in [0.2, 0.25) is 0 Å². The summed E-state index contributed by atoms with van der Waals surface area (Å²) in [4.78, 5) is 40.4. The fraction of sp³-hybridized carbons (Fsp3) is 0.400. The van der Waals surface area contributed by atoms with Gasteiger partial charge >= 0.3 is 0 Å². The van der Waals surface area contributed by atoms with Crippen LogP contribution in [0.5, 0.6) is 5.75 Å². The van der Waals surface area contributed by atoms with E-state index in [1.54, 1.807) is 48.4 Å². The molecule has 1 fully saturated rings. The number of hydrogen-bond donors (Lipinski definition) is 2. The fourth-order valence-corrected chi connectivity index (χ4v) is 3.97. The van der Waals surface area contributed by atoms with Crippen molar-refractivity contribution in [2.24, 2.45) is 5.92 Å². The SMILES string of the molecule is COCCNC(=O)[C@@H](NC(=O)c1cccc(OC)c1)C1CCN(C(=O)c2ccccc2)CC1. The van der Waals surface area contributed by atoms with Crippen LogP contribution in [-0.2, 0) is 9.53 Å². The van der Waals surface area contributed by atoms with E-state index in [1.165, 1.54) is 7.11 Å². The molecule has 3 rings (SSSR count). The van der Waals surface area contributed by atoms with Crippen LogP contribution in [0.1, 0.15) is 33.6 Å². The third kappa shape index (κ3) is 6.55. The van der Waals surface area contributed by atoms with E-state index in [4.69, 9.17) is 9.47 Å². The number of nitrogens with zero attached hydrogens (tertiary/aromatic N) is 1. The van der Waals surface area contributed by atoms with Crippen molar-refractivity contribution in [3.8, 4) is 5.75 Å². The van der Waals surface area contributed by atoms with Gasteiger partial charge in [-0.15, -0.1) is 0 Å². The average molecular weight is 454 g/mol. The van der Waals surface area contributed by atoms with E-state index in [-0.39, 0.29) is 23.6 Å². The zero-order chi connectivity index (χ0) is 23.6. The fourth-order valence-electron chi connectivity index (χ4n) is 3.97. The average Bonchev–Trinajstić information content (AvgIpc) is 2.87. The Labute approximate surface area is 194 Å². The molecule has 8 heteroatoms. The molecule has 1 atom stereocenters. The van der Waals surface area contributed by atoms with Crippen LogP contribution < -0.4 is 15.4 Å². The first-order valence-corrected chi connectivity index (χ1v) is 11.1. The molecule has 3 amide bonds. The molecule has 1 saturated heterocycles.